The largest absolute Gasteiger partial charge is 0.342 e. The van der Waals surface area contributed by atoms with Crippen molar-refractivity contribution >= 4 is 21.8 Å². The Morgan fingerprint density at radius 2 is 2.18 bits per heavy atom. The van der Waals surface area contributed by atoms with Gasteiger partial charge in [-0.15, -0.1) is 3.89 Å². The lowest BCUT2D eigenvalue weighted by atomic mass is 10.1. The zero-order valence-corrected chi connectivity index (χ0v) is 12.7. The fourth-order valence-electron chi connectivity index (χ4n) is 2.88. The molecule has 0 aliphatic carbocycles. The smallest absolute Gasteiger partial charge is 0.302 e. The summed E-state index contributed by atoms with van der Waals surface area (Å²) in [4.78, 5) is 17.8. The van der Waals surface area contributed by atoms with Gasteiger partial charge in [0.2, 0.25) is 5.91 Å². The highest BCUT2D eigenvalue weighted by molar-refractivity contribution is 7.86. The number of pyridine rings is 1. The summed E-state index contributed by atoms with van der Waals surface area (Å²) in [5.41, 5.74) is 1.82. The van der Waals surface area contributed by atoms with E-state index < -0.39 is 21.9 Å². The van der Waals surface area contributed by atoms with Crippen molar-refractivity contribution in [3.63, 3.8) is 0 Å². The molecule has 6 nitrogen and oxygen atoms in total. The average molecular weight is 325 g/mol. The van der Waals surface area contributed by atoms with Crippen LogP contribution < -0.4 is 0 Å². The third kappa shape index (κ3) is 3.27. The van der Waals surface area contributed by atoms with E-state index in [1.165, 1.54) is 0 Å². The zero-order valence-electron chi connectivity index (χ0n) is 11.9. The molecule has 1 fully saturated rings. The van der Waals surface area contributed by atoms with Crippen LogP contribution in [-0.2, 0) is 21.4 Å². The fraction of sp³-hybridized carbons (Fsp3) is 0.429. The molecule has 1 aliphatic rings. The van der Waals surface area contributed by atoms with Crippen molar-refractivity contribution in [2.45, 2.75) is 12.8 Å². The second-order valence-corrected chi connectivity index (χ2v) is 6.95. The minimum absolute atomic E-state index is 0.0936. The van der Waals surface area contributed by atoms with Gasteiger partial charge in [0, 0.05) is 49.9 Å². The summed E-state index contributed by atoms with van der Waals surface area (Å²) in [6, 6.07) is 5.70. The molecular weight excluding hydrogens is 309 g/mol. The van der Waals surface area contributed by atoms with Crippen LogP contribution in [0.15, 0.2) is 30.6 Å². The average Bonchev–Trinajstić information content (AvgIpc) is 2.98. The van der Waals surface area contributed by atoms with Crippen LogP contribution in [0.2, 0.25) is 0 Å². The molecule has 0 saturated carbocycles. The Hall–Kier alpha value is -1.96. The van der Waals surface area contributed by atoms with Gasteiger partial charge in [-0.25, -0.2) is 4.98 Å². The van der Waals surface area contributed by atoms with Gasteiger partial charge in [0.1, 0.15) is 5.65 Å². The van der Waals surface area contributed by atoms with Crippen molar-refractivity contribution in [2.24, 2.45) is 5.92 Å². The van der Waals surface area contributed by atoms with Crippen LogP contribution in [0, 0.1) is 5.92 Å². The standard InChI is InChI=1S/C14H16FN3O3S/c15-22(20,21)10-11-7-14(19)17(9-11)6-4-12-8-16-13-3-1-2-5-18(12)13/h1-3,5,8,11H,4,6-7,9-10H2. The molecule has 0 N–H and O–H groups in total. The van der Waals surface area contributed by atoms with E-state index in [9.17, 15) is 17.1 Å². The summed E-state index contributed by atoms with van der Waals surface area (Å²) >= 11 is 0. The van der Waals surface area contributed by atoms with Gasteiger partial charge in [-0.3, -0.25) is 4.79 Å². The molecule has 22 heavy (non-hydrogen) atoms. The quantitative estimate of drug-likeness (QED) is 0.770. The molecule has 1 unspecified atom stereocenters. The Morgan fingerprint density at radius 1 is 1.36 bits per heavy atom. The van der Waals surface area contributed by atoms with E-state index in [2.05, 4.69) is 4.98 Å². The maximum absolute atomic E-state index is 12.7. The SMILES string of the molecule is O=C1CC(CS(=O)(=O)F)CN1CCc1cnc2ccccn12. The van der Waals surface area contributed by atoms with E-state index in [1.54, 1.807) is 11.1 Å². The van der Waals surface area contributed by atoms with Gasteiger partial charge < -0.3 is 9.30 Å². The number of fused-ring (bicyclic) bond motifs is 1. The molecule has 0 radical (unpaired) electrons. The minimum atomic E-state index is -4.53. The summed E-state index contributed by atoms with van der Waals surface area (Å²) in [6.45, 7) is 0.767. The van der Waals surface area contributed by atoms with E-state index in [0.717, 1.165) is 11.3 Å². The van der Waals surface area contributed by atoms with E-state index in [4.69, 9.17) is 0 Å². The van der Waals surface area contributed by atoms with Crippen molar-refractivity contribution in [1.29, 1.82) is 0 Å². The van der Waals surface area contributed by atoms with Gasteiger partial charge in [0.05, 0.1) is 5.75 Å². The zero-order chi connectivity index (χ0) is 15.7. The summed E-state index contributed by atoms with van der Waals surface area (Å²) < 4.78 is 36.0. The first-order valence-corrected chi connectivity index (χ1v) is 8.59. The maximum atomic E-state index is 12.7. The minimum Gasteiger partial charge on any atom is -0.342 e. The van der Waals surface area contributed by atoms with Gasteiger partial charge in [-0.05, 0) is 12.1 Å². The lowest BCUT2D eigenvalue weighted by Crippen LogP contribution is -2.28. The Kier molecular flexibility index (Phi) is 3.86. The van der Waals surface area contributed by atoms with Crippen LogP contribution in [0.4, 0.5) is 3.89 Å². The van der Waals surface area contributed by atoms with Gasteiger partial charge in [0.25, 0.3) is 0 Å². The highest BCUT2D eigenvalue weighted by atomic mass is 32.3. The third-order valence-corrected chi connectivity index (χ3v) is 4.73. The Morgan fingerprint density at radius 3 is 2.95 bits per heavy atom. The number of rotatable bonds is 5. The number of hydrogen-bond acceptors (Lipinski definition) is 4. The summed E-state index contributed by atoms with van der Waals surface area (Å²) in [7, 11) is -4.53. The molecule has 1 aliphatic heterocycles. The first-order chi connectivity index (χ1) is 10.4. The lowest BCUT2D eigenvalue weighted by molar-refractivity contribution is -0.127. The number of aromatic nitrogens is 2. The first-order valence-electron chi connectivity index (χ1n) is 7.03. The van der Waals surface area contributed by atoms with Crippen molar-refractivity contribution < 1.29 is 17.1 Å². The number of imidazole rings is 1. The molecule has 2 aromatic rings. The Bertz CT molecular complexity index is 803. The van der Waals surface area contributed by atoms with E-state index >= 15 is 0 Å². The number of carbonyl (C=O) groups excluding carboxylic acids is 1. The molecule has 3 rings (SSSR count). The number of hydrogen-bond donors (Lipinski definition) is 0. The molecule has 1 atom stereocenters. The fourth-order valence-corrected chi connectivity index (χ4v) is 3.67. The van der Waals surface area contributed by atoms with E-state index in [1.807, 2.05) is 28.8 Å². The highest BCUT2D eigenvalue weighted by Crippen LogP contribution is 2.20. The summed E-state index contributed by atoms with van der Waals surface area (Å²) in [6.07, 6.45) is 4.38. The third-order valence-electron chi connectivity index (χ3n) is 3.86. The monoisotopic (exact) mass is 325 g/mol. The van der Waals surface area contributed by atoms with Gasteiger partial charge >= 0.3 is 10.2 Å². The highest BCUT2D eigenvalue weighted by Gasteiger charge is 2.32. The van der Waals surface area contributed by atoms with Gasteiger partial charge in [0.15, 0.2) is 0 Å². The second kappa shape index (κ2) is 5.68. The molecule has 0 spiro atoms. The predicted octanol–water partition coefficient (Wildman–Crippen LogP) is 1.02. The Balaban J connectivity index is 1.63. The van der Waals surface area contributed by atoms with Crippen molar-refractivity contribution in [3.8, 4) is 0 Å². The number of carbonyl (C=O) groups is 1. The number of halogens is 1. The van der Waals surface area contributed by atoms with Crippen LogP contribution in [0.25, 0.3) is 5.65 Å². The molecule has 3 heterocycles. The van der Waals surface area contributed by atoms with E-state index in [0.29, 0.717) is 19.5 Å². The summed E-state index contributed by atoms with van der Waals surface area (Å²) in [5.74, 6) is -1.16. The molecular formula is C14H16FN3O3S. The first kappa shape index (κ1) is 15.0. The number of likely N-dealkylation sites (tertiary alicyclic amines) is 1. The van der Waals surface area contributed by atoms with Crippen LogP contribution in [0.5, 0.6) is 0 Å². The van der Waals surface area contributed by atoms with Crippen molar-refractivity contribution in [2.75, 3.05) is 18.8 Å². The molecule has 118 valence electrons. The molecule has 8 heteroatoms. The summed E-state index contributed by atoms with van der Waals surface area (Å²) in [5, 5.41) is 0. The van der Waals surface area contributed by atoms with Crippen LogP contribution in [-0.4, -0.2) is 47.5 Å². The topological polar surface area (TPSA) is 71.8 Å². The van der Waals surface area contributed by atoms with Crippen LogP contribution >= 0.6 is 0 Å². The van der Waals surface area contributed by atoms with Crippen LogP contribution in [0.1, 0.15) is 12.1 Å². The van der Waals surface area contributed by atoms with Crippen molar-refractivity contribution in [3.05, 3.63) is 36.3 Å². The lowest BCUT2D eigenvalue weighted by Gasteiger charge is -2.16. The predicted molar refractivity (Wildman–Crippen MR) is 78.5 cm³/mol. The van der Waals surface area contributed by atoms with E-state index in [-0.39, 0.29) is 12.3 Å². The normalized spacial score (nSPS) is 19.2. The van der Waals surface area contributed by atoms with Gasteiger partial charge in [-0.2, -0.15) is 8.42 Å². The molecule has 0 aromatic carbocycles. The molecule has 1 amide bonds. The number of nitrogens with zero attached hydrogens (tertiary/aromatic N) is 3. The second-order valence-electron chi connectivity index (χ2n) is 5.54. The number of amides is 1. The molecule has 0 bridgehead atoms. The molecule has 2 aromatic heterocycles. The Labute approximate surface area is 127 Å². The maximum Gasteiger partial charge on any atom is 0.302 e. The molecule has 1 saturated heterocycles. The van der Waals surface area contributed by atoms with Gasteiger partial charge in [-0.1, -0.05) is 6.07 Å². The van der Waals surface area contributed by atoms with Crippen molar-refractivity contribution in [1.82, 2.24) is 14.3 Å². The van der Waals surface area contributed by atoms with Crippen LogP contribution in [0.3, 0.4) is 0 Å².